The molecule has 0 spiro atoms. The van der Waals surface area contributed by atoms with Crippen molar-refractivity contribution in [2.75, 3.05) is 5.73 Å². The van der Waals surface area contributed by atoms with Crippen molar-refractivity contribution in [1.82, 2.24) is 4.90 Å². The summed E-state index contributed by atoms with van der Waals surface area (Å²) < 4.78 is 0.293. The van der Waals surface area contributed by atoms with E-state index in [0.29, 0.717) is 21.3 Å². The highest BCUT2D eigenvalue weighted by Gasteiger charge is 2.41. The van der Waals surface area contributed by atoms with Gasteiger partial charge in [0.1, 0.15) is 10.4 Å². The number of aliphatic carboxylic acids is 1. The molecule has 0 radical (unpaired) electrons. The first-order chi connectivity index (χ1) is 11.4. The number of carbonyl (C=O) groups excluding carboxylic acids is 1. The predicted molar refractivity (Wildman–Crippen MR) is 101 cm³/mol. The molecule has 0 bridgehead atoms. The molecule has 1 atom stereocenters. The van der Waals surface area contributed by atoms with E-state index in [-0.39, 0.29) is 5.91 Å². The number of hydrogen-bond acceptors (Lipinski definition) is 5. The normalized spacial score (nSPS) is 18.0. The third-order valence-electron chi connectivity index (χ3n) is 3.89. The summed E-state index contributed by atoms with van der Waals surface area (Å²) >= 11 is 6.43. The van der Waals surface area contributed by atoms with Gasteiger partial charge in [-0.05, 0) is 36.6 Å². The molecule has 1 amide bonds. The molecular weight excluding hydrogens is 344 g/mol. The van der Waals surface area contributed by atoms with E-state index in [1.54, 1.807) is 12.1 Å². The summed E-state index contributed by atoms with van der Waals surface area (Å²) in [4.78, 5) is 26.1. The van der Waals surface area contributed by atoms with Crippen molar-refractivity contribution in [3.05, 3.63) is 34.7 Å². The lowest BCUT2D eigenvalue weighted by molar-refractivity contribution is -0.145. The van der Waals surface area contributed by atoms with Gasteiger partial charge in [0.15, 0.2) is 0 Å². The molecule has 2 rings (SSSR count). The van der Waals surface area contributed by atoms with Crippen LogP contribution in [-0.2, 0) is 9.59 Å². The smallest absolute Gasteiger partial charge is 0.326 e. The van der Waals surface area contributed by atoms with Crippen LogP contribution in [0.15, 0.2) is 29.2 Å². The standard InChI is InChI=1S/C17H20N2O3S2/c1-3-4-8-13(16(21)22)19-15(20)14(24-17(19)23)10(2)11-6-5-7-12(18)9-11/h5-7,9,13H,3-4,8,18H2,1-2H3,(H,21,22)/b14-10-. The number of carboxylic acid groups (broad SMARTS) is 1. The second-order valence-corrected chi connectivity index (χ2v) is 7.26. The van der Waals surface area contributed by atoms with Crippen LogP contribution < -0.4 is 5.73 Å². The highest BCUT2D eigenvalue weighted by Crippen LogP contribution is 2.38. The van der Waals surface area contributed by atoms with Crippen LogP contribution in [0, 0.1) is 0 Å². The van der Waals surface area contributed by atoms with E-state index in [1.165, 1.54) is 4.90 Å². The Hall–Kier alpha value is -1.86. The van der Waals surface area contributed by atoms with Gasteiger partial charge in [-0.1, -0.05) is 55.9 Å². The molecule has 1 unspecified atom stereocenters. The summed E-state index contributed by atoms with van der Waals surface area (Å²) in [6, 6.07) is 6.32. The molecule has 0 aliphatic carbocycles. The Morgan fingerprint density at radius 2 is 2.17 bits per heavy atom. The Kier molecular flexibility index (Phi) is 6.01. The predicted octanol–water partition coefficient (Wildman–Crippen LogP) is 3.50. The van der Waals surface area contributed by atoms with Gasteiger partial charge in [-0.2, -0.15) is 0 Å². The largest absolute Gasteiger partial charge is 0.480 e. The van der Waals surface area contributed by atoms with Crippen molar-refractivity contribution >= 4 is 51.4 Å². The number of unbranched alkanes of at least 4 members (excludes halogenated alkanes) is 1. The van der Waals surface area contributed by atoms with Crippen LogP contribution in [0.25, 0.3) is 5.57 Å². The lowest BCUT2D eigenvalue weighted by Gasteiger charge is -2.23. The van der Waals surface area contributed by atoms with Crippen LogP contribution in [0.2, 0.25) is 0 Å². The minimum absolute atomic E-state index is 0.293. The van der Waals surface area contributed by atoms with Gasteiger partial charge in [-0.15, -0.1) is 0 Å². The molecular formula is C17H20N2O3S2. The fourth-order valence-corrected chi connectivity index (χ4v) is 3.94. The number of thiocarbonyl (C=S) groups is 1. The van der Waals surface area contributed by atoms with Crippen molar-refractivity contribution in [3.8, 4) is 0 Å². The summed E-state index contributed by atoms with van der Waals surface area (Å²) in [5.74, 6) is -1.36. The van der Waals surface area contributed by atoms with Crippen molar-refractivity contribution in [2.45, 2.75) is 39.2 Å². The van der Waals surface area contributed by atoms with E-state index < -0.39 is 12.0 Å². The lowest BCUT2D eigenvalue weighted by Crippen LogP contribution is -2.43. The minimum atomic E-state index is -1.03. The number of nitrogens with zero attached hydrogens (tertiary/aromatic N) is 1. The number of allylic oxidation sites excluding steroid dienone is 1. The molecule has 1 saturated heterocycles. The molecule has 3 N–H and O–H groups in total. The second-order valence-electron chi connectivity index (χ2n) is 5.62. The van der Waals surface area contributed by atoms with Gasteiger partial charge < -0.3 is 10.8 Å². The first-order valence-electron chi connectivity index (χ1n) is 7.71. The number of nitrogens with two attached hydrogens (primary N) is 1. The van der Waals surface area contributed by atoms with E-state index in [0.717, 1.165) is 35.7 Å². The average molecular weight is 364 g/mol. The number of carbonyl (C=O) groups is 2. The van der Waals surface area contributed by atoms with Gasteiger partial charge in [0.05, 0.1) is 4.91 Å². The summed E-state index contributed by atoms with van der Waals surface area (Å²) in [6.45, 7) is 3.80. The summed E-state index contributed by atoms with van der Waals surface area (Å²) in [5.41, 5.74) is 7.99. The number of carboxylic acids is 1. The number of nitrogen functional groups attached to an aromatic ring is 1. The topological polar surface area (TPSA) is 83.6 Å². The molecule has 1 fully saturated rings. The molecule has 0 aromatic heterocycles. The van der Waals surface area contributed by atoms with E-state index in [4.69, 9.17) is 18.0 Å². The third-order valence-corrected chi connectivity index (χ3v) is 5.39. The van der Waals surface area contributed by atoms with Crippen molar-refractivity contribution in [3.63, 3.8) is 0 Å². The summed E-state index contributed by atoms with van der Waals surface area (Å²) in [7, 11) is 0. The molecule has 1 aliphatic heterocycles. The summed E-state index contributed by atoms with van der Waals surface area (Å²) in [6.07, 6.45) is 1.97. The molecule has 1 aliphatic rings. The number of anilines is 1. The van der Waals surface area contributed by atoms with Crippen molar-refractivity contribution in [1.29, 1.82) is 0 Å². The highest BCUT2D eigenvalue weighted by atomic mass is 32.2. The van der Waals surface area contributed by atoms with Crippen molar-refractivity contribution < 1.29 is 14.7 Å². The van der Waals surface area contributed by atoms with Gasteiger partial charge in [0.25, 0.3) is 5.91 Å². The molecule has 1 aromatic carbocycles. The quantitative estimate of drug-likeness (QED) is 0.457. The number of rotatable bonds is 6. The maximum atomic E-state index is 12.8. The Balaban J connectivity index is 2.36. The van der Waals surface area contributed by atoms with Crippen LogP contribution in [-0.4, -0.2) is 32.2 Å². The third kappa shape index (κ3) is 3.79. The van der Waals surface area contributed by atoms with Gasteiger partial charge in [0.2, 0.25) is 0 Å². The second kappa shape index (κ2) is 7.81. The van der Waals surface area contributed by atoms with Crippen molar-refractivity contribution in [2.24, 2.45) is 0 Å². The summed E-state index contributed by atoms with van der Waals surface area (Å²) in [5, 5.41) is 9.48. The number of hydrogen-bond donors (Lipinski definition) is 2. The van der Waals surface area contributed by atoms with Gasteiger partial charge in [-0.3, -0.25) is 9.69 Å². The molecule has 5 nitrogen and oxygen atoms in total. The molecule has 128 valence electrons. The van der Waals surface area contributed by atoms with Crippen LogP contribution >= 0.6 is 24.0 Å². The highest BCUT2D eigenvalue weighted by molar-refractivity contribution is 8.26. The molecule has 7 heteroatoms. The van der Waals surface area contributed by atoms with Gasteiger partial charge in [0, 0.05) is 5.69 Å². The molecule has 24 heavy (non-hydrogen) atoms. The van der Waals surface area contributed by atoms with Crippen LogP contribution in [0.5, 0.6) is 0 Å². The maximum Gasteiger partial charge on any atom is 0.326 e. The molecule has 1 aromatic rings. The first kappa shape index (κ1) is 18.5. The Morgan fingerprint density at radius 1 is 1.46 bits per heavy atom. The monoisotopic (exact) mass is 364 g/mol. The Morgan fingerprint density at radius 3 is 2.75 bits per heavy atom. The van der Waals surface area contributed by atoms with Gasteiger partial charge in [-0.25, -0.2) is 4.79 Å². The van der Waals surface area contributed by atoms with E-state index in [2.05, 4.69) is 0 Å². The minimum Gasteiger partial charge on any atom is -0.480 e. The number of benzene rings is 1. The van der Waals surface area contributed by atoms with Gasteiger partial charge >= 0.3 is 5.97 Å². The fourth-order valence-electron chi connectivity index (χ4n) is 2.54. The SMILES string of the molecule is CCCCC(C(=O)O)N1C(=O)/C(=C(\C)c2cccc(N)c2)SC1=S. The molecule has 1 heterocycles. The lowest BCUT2D eigenvalue weighted by atomic mass is 10.1. The zero-order valence-electron chi connectivity index (χ0n) is 13.6. The Labute approximate surface area is 150 Å². The zero-order valence-corrected chi connectivity index (χ0v) is 15.2. The number of amides is 1. The van der Waals surface area contributed by atoms with Crippen LogP contribution in [0.3, 0.4) is 0 Å². The van der Waals surface area contributed by atoms with Crippen LogP contribution in [0.1, 0.15) is 38.7 Å². The van der Waals surface area contributed by atoms with Crippen LogP contribution in [0.4, 0.5) is 5.69 Å². The zero-order chi connectivity index (χ0) is 17.9. The fraction of sp³-hybridized carbons (Fsp3) is 0.353. The Bertz CT molecular complexity index is 716. The van der Waals surface area contributed by atoms with E-state index in [1.807, 2.05) is 26.0 Å². The molecule has 0 saturated carbocycles. The average Bonchev–Trinajstić information content (AvgIpc) is 2.82. The number of thioether (sulfide) groups is 1. The van der Waals surface area contributed by atoms with E-state index >= 15 is 0 Å². The first-order valence-corrected chi connectivity index (χ1v) is 8.94. The maximum absolute atomic E-state index is 12.8. The van der Waals surface area contributed by atoms with E-state index in [9.17, 15) is 14.7 Å².